The Morgan fingerprint density at radius 1 is 1.33 bits per heavy atom. The summed E-state index contributed by atoms with van der Waals surface area (Å²) in [6.07, 6.45) is 4.72. The van der Waals surface area contributed by atoms with Gasteiger partial charge in [0.1, 0.15) is 5.60 Å². The molecule has 2 N–H and O–H groups in total. The number of aliphatic carboxylic acids is 1. The Kier molecular flexibility index (Phi) is 2.43. The molecule has 0 aromatic heterocycles. The van der Waals surface area contributed by atoms with Crippen molar-refractivity contribution in [1.29, 1.82) is 0 Å². The molecule has 5 nitrogen and oxygen atoms in total. The third-order valence-corrected chi connectivity index (χ3v) is 8.40. The van der Waals surface area contributed by atoms with Gasteiger partial charge in [0.15, 0.2) is 0 Å². The van der Waals surface area contributed by atoms with Crippen molar-refractivity contribution in [3.05, 3.63) is 12.2 Å². The van der Waals surface area contributed by atoms with Crippen LogP contribution in [0, 0.1) is 28.6 Å². The number of carboxylic acid groups (broad SMARTS) is 1. The summed E-state index contributed by atoms with van der Waals surface area (Å²) < 4.78 is 6.05. The molecule has 5 fully saturated rings. The van der Waals surface area contributed by atoms with Gasteiger partial charge in [0.2, 0.25) is 0 Å². The zero-order valence-electron chi connectivity index (χ0n) is 14.0. The Morgan fingerprint density at radius 2 is 2.08 bits per heavy atom. The number of aliphatic hydroxyl groups is 1. The van der Waals surface area contributed by atoms with Gasteiger partial charge in [-0.3, -0.25) is 9.59 Å². The van der Waals surface area contributed by atoms with Gasteiger partial charge in [-0.1, -0.05) is 6.58 Å². The number of hydrogen-bond donors (Lipinski definition) is 2. The average molecular weight is 332 g/mol. The van der Waals surface area contributed by atoms with Crippen molar-refractivity contribution in [1.82, 2.24) is 0 Å². The van der Waals surface area contributed by atoms with Gasteiger partial charge in [0, 0.05) is 11.8 Å². The molecule has 0 aromatic rings. The van der Waals surface area contributed by atoms with Gasteiger partial charge in [-0.2, -0.15) is 0 Å². The number of carbonyl (C=O) groups excluding carboxylic acids is 1. The summed E-state index contributed by atoms with van der Waals surface area (Å²) in [6, 6.07) is 0. The standard InChI is InChI=1S/C19H24O5/c1-10-8-17-9-18(10,23)7-4-11(17)19-6-3-5-16(2,15(22)24-19)13(19)12(17)14(20)21/h11-13,23H,1,3-9H2,2H3,(H,20,21)/t11-,12-,13-,16?,17+,18+,19-/m1/s1. The van der Waals surface area contributed by atoms with Crippen LogP contribution in [0.4, 0.5) is 0 Å². The summed E-state index contributed by atoms with van der Waals surface area (Å²) in [5.41, 5.74) is -2.00. The minimum Gasteiger partial charge on any atom is -0.481 e. The molecule has 1 heterocycles. The predicted molar refractivity (Wildman–Crippen MR) is 83.9 cm³/mol. The quantitative estimate of drug-likeness (QED) is 0.568. The van der Waals surface area contributed by atoms with Crippen LogP contribution in [0.15, 0.2) is 12.2 Å². The first kappa shape index (κ1) is 14.9. The smallest absolute Gasteiger partial charge is 0.312 e. The molecule has 5 heteroatoms. The van der Waals surface area contributed by atoms with Crippen LogP contribution in [0.1, 0.15) is 51.9 Å². The SMILES string of the molecule is C=C1C[C@]23C[C@@]1(O)CC[C@H]2[C@@]12CCCC(C)(C(=O)O1)[C@H]2[C@@H]3C(=O)O. The lowest BCUT2D eigenvalue weighted by Crippen LogP contribution is -2.48. The molecule has 4 bridgehead atoms. The number of rotatable bonds is 1. The van der Waals surface area contributed by atoms with Crippen molar-refractivity contribution in [2.24, 2.45) is 28.6 Å². The van der Waals surface area contributed by atoms with Gasteiger partial charge in [0.05, 0.1) is 16.9 Å². The molecule has 1 aliphatic heterocycles. The lowest BCUT2D eigenvalue weighted by molar-refractivity contribution is -0.162. The monoisotopic (exact) mass is 332 g/mol. The first-order valence-corrected chi connectivity index (χ1v) is 9.07. The zero-order valence-corrected chi connectivity index (χ0v) is 14.0. The molecule has 24 heavy (non-hydrogen) atoms. The molecule has 0 aromatic carbocycles. The molecule has 0 radical (unpaired) electrons. The summed E-state index contributed by atoms with van der Waals surface area (Å²) in [4.78, 5) is 25.1. The van der Waals surface area contributed by atoms with Crippen molar-refractivity contribution in [2.45, 2.75) is 63.1 Å². The molecule has 130 valence electrons. The highest BCUT2D eigenvalue weighted by Crippen LogP contribution is 2.78. The molecule has 4 aliphatic carbocycles. The number of carbonyl (C=O) groups is 2. The molecule has 4 saturated carbocycles. The molecular formula is C19H24O5. The van der Waals surface area contributed by atoms with Crippen molar-refractivity contribution in [3.63, 3.8) is 0 Å². The number of fused-ring (bicyclic) bond motifs is 1. The van der Waals surface area contributed by atoms with E-state index in [1.165, 1.54) is 0 Å². The van der Waals surface area contributed by atoms with E-state index in [0.29, 0.717) is 25.7 Å². The Balaban J connectivity index is 1.75. The summed E-state index contributed by atoms with van der Waals surface area (Å²) in [5, 5.41) is 21.1. The molecule has 5 aliphatic rings. The second kappa shape index (κ2) is 3.90. The van der Waals surface area contributed by atoms with Crippen LogP contribution in [0.3, 0.4) is 0 Å². The molecule has 0 amide bonds. The van der Waals surface area contributed by atoms with E-state index in [-0.39, 0.29) is 17.8 Å². The fourth-order valence-electron chi connectivity index (χ4n) is 7.69. The van der Waals surface area contributed by atoms with Crippen LogP contribution in [0.5, 0.6) is 0 Å². The van der Waals surface area contributed by atoms with E-state index in [9.17, 15) is 19.8 Å². The summed E-state index contributed by atoms with van der Waals surface area (Å²) in [5.74, 6) is -1.92. The van der Waals surface area contributed by atoms with Gasteiger partial charge in [-0.25, -0.2) is 0 Å². The number of hydrogen-bond acceptors (Lipinski definition) is 4. The molecule has 1 unspecified atom stereocenters. The normalized spacial score (nSPS) is 57.5. The molecule has 1 saturated heterocycles. The lowest BCUT2D eigenvalue weighted by Gasteiger charge is -2.45. The third-order valence-electron chi connectivity index (χ3n) is 8.40. The molecule has 5 rings (SSSR count). The van der Waals surface area contributed by atoms with E-state index < -0.39 is 33.9 Å². The van der Waals surface area contributed by atoms with Crippen LogP contribution in [0.25, 0.3) is 0 Å². The maximum Gasteiger partial charge on any atom is 0.312 e. The number of carboxylic acids is 1. The second-order valence-electron chi connectivity index (χ2n) is 9.22. The highest BCUT2D eigenvalue weighted by atomic mass is 16.6. The van der Waals surface area contributed by atoms with E-state index in [4.69, 9.17) is 4.74 Å². The maximum absolute atomic E-state index is 12.7. The van der Waals surface area contributed by atoms with Gasteiger partial charge < -0.3 is 14.9 Å². The molecular weight excluding hydrogens is 308 g/mol. The minimum atomic E-state index is -0.932. The Labute approximate surface area is 141 Å². The van der Waals surface area contributed by atoms with Crippen molar-refractivity contribution < 1.29 is 24.5 Å². The summed E-state index contributed by atoms with van der Waals surface area (Å²) in [6.45, 7) is 5.98. The minimum absolute atomic E-state index is 0.0294. The summed E-state index contributed by atoms with van der Waals surface area (Å²) in [7, 11) is 0. The van der Waals surface area contributed by atoms with E-state index >= 15 is 0 Å². The number of ether oxygens (including phenoxy) is 1. The Morgan fingerprint density at radius 3 is 2.79 bits per heavy atom. The van der Waals surface area contributed by atoms with Crippen molar-refractivity contribution in [3.8, 4) is 0 Å². The Hall–Kier alpha value is -1.36. The van der Waals surface area contributed by atoms with E-state index in [1.54, 1.807) is 0 Å². The van der Waals surface area contributed by atoms with Crippen LogP contribution in [-0.2, 0) is 14.3 Å². The lowest BCUT2D eigenvalue weighted by atomic mass is 9.60. The largest absolute Gasteiger partial charge is 0.481 e. The Bertz CT molecular complexity index is 700. The van der Waals surface area contributed by atoms with Crippen molar-refractivity contribution >= 4 is 11.9 Å². The summed E-state index contributed by atoms with van der Waals surface area (Å²) >= 11 is 0. The first-order valence-electron chi connectivity index (χ1n) is 9.07. The fraction of sp³-hybridized carbons (Fsp3) is 0.789. The van der Waals surface area contributed by atoms with E-state index in [2.05, 4.69) is 6.58 Å². The third kappa shape index (κ3) is 1.29. The fourth-order valence-corrected chi connectivity index (χ4v) is 7.69. The van der Waals surface area contributed by atoms with Crippen LogP contribution in [0.2, 0.25) is 0 Å². The van der Waals surface area contributed by atoms with E-state index in [1.807, 2.05) is 6.92 Å². The van der Waals surface area contributed by atoms with Crippen LogP contribution in [-0.4, -0.2) is 33.4 Å². The predicted octanol–water partition coefficient (Wildman–Crippen LogP) is 2.28. The van der Waals surface area contributed by atoms with Gasteiger partial charge in [-0.05, 0) is 62.9 Å². The molecule has 1 spiro atoms. The number of esters is 1. The zero-order chi connectivity index (χ0) is 17.1. The maximum atomic E-state index is 12.7. The topological polar surface area (TPSA) is 83.8 Å². The van der Waals surface area contributed by atoms with E-state index in [0.717, 1.165) is 24.8 Å². The van der Waals surface area contributed by atoms with Gasteiger partial charge >= 0.3 is 11.9 Å². The average Bonchev–Trinajstić information content (AvgIpc) is 2.88. The second-order valence-corrected chi connectivity index (χ2v) is 9.22. The molecule has 7 atom stereocenters. The highest BCUT2D eigenvalue weighted by Gasteiger charge is 2.82. The van der Waals surface area contributed by atoms with Crippen molar-refractivity contribution in [2.75, 3.05) is 0 Å². The van der Waals surface area contributed by atoms with Crippen LogP contribution >= 0.6 is 0 Å². The highest BCUT2D eigenvalue weighted by molar-refractivity contribution is 5.84. The van der Waals surface area contributed by atoms with Gasteiger partial charge in [0.25, 0.3) is 0 Å². The van der Waals surface area contributed by atoms with Gasteiger partial charge in [-0.15, -0.1) is 0 Å². The first-order chi connectivity index (χ1) is 11.2. The van der Waals surface area contributed by atoms with Crippen LogP contribution < -0.4 is 0 Å².